The van der Waals surface area contributed by atoms with Crippen molar-refractivity contribution in [2.75, 3.05) is 17.2 Å². The van der Waals surface area contributed by atoms with Crippen molar-refractivity contribution in [2.24, 2.45) is 5.92 Å². The van der Waals surface area contributed by atoms with Crippen LogP contribution in [0.2, 0.25) is 0 Å². The van der Waals surface area contributed by atoms with E-state index in [1.165, 1.54) is 6.07 Å². The SMILES string of the molecule is Cc1ccc2cccc(Oc3cccc(S(=O)(=O)CC(=O)c4cccnc4N4CC(C)CC4(C)C)n3)c2n1. The molecule has 0 bridgehead atoms. The standard InChI is InChI=1S/C29H30N4O4S/c1-19-16-29(3,4)33(17-19)28-22(9-7-15-30-28)23(34)18-38(35,36)26-12-6-11-25(32-26)37-24-10-5-8-21-14-13-20(2)31-27(21)24/h5-15,19H,16-18H2,1-4H3. The Kier molecular flexibility index (Phi) is 6.65. The minimum absolute atomic E-state index is 0.101. The number of benzene rings is 1. The number of aryl methyl sites for hydroxylation is 1. The minimum Gasteiger partial charge on any atom is -0.437 e. The highest BCUT2D eigenvalue weighted by molar-refractivity contribution is 7.92. The third kappa shape index (κ3) is 5.11. The maximum Gasteiger partial charge on any atom is 0.220 e. The molecule has 0 amide bonds. The first kappa shape index (κ1) is 25.8. The highest BCUT2D eigenvalue weighted by Crippen LogP contribution is 2.37. The summed E-state index contributed by atoms with van der Waals surface area (Å²) in [6.45, 7) is 9.02. The van der Waals surface area contributed by atoms with Gasteiger partial charge in [-0.05, 0) is 63.4 Å². The Balaban J connectivity index is 1.41. The lowest BCUT2D eigenvalue weighted by Gasteiger charge is -2.33. The van der Waals surface area contributed by atoms with Gasteiger partial charge in [-0.25, -0.2) is 23.4 Å². The van der Waals surface area contributed by atoms with E-state index in [0.717, 1.165) is 24.0 Å². The number of Topliss-reactive ketones (excluding diaryl/α,β-unsaturated/α-hetero) is 1. The molecule has 0 spiro atoms. The van der Waals surface area contributed by atoms with Crippen LogP contribution in [0.25, 0.3) is 10.9 Å². The van der Waals surface area contributed by atoms with Gasteiger partial charge in [-0.1, -0.05) is 31.2 Å². The second-order valence-electron chi connectivity index (χ2n) is 10.5. The van der Waals surface area contributed by atoms with Gasteiger partial charge in [0.05, 0.1) is 5.56 Å². The number of carbonyl (C=O) groups is 1. The number of fused-ring (bicyclic) bond motifs is 1. The summed E-state index contributed by atoms with van der Waals surface area (Å²) < 4.78 is 32.6. The summed E-state index contributed by atoms with van der Waals surface area (Å²) in [5.41, 5.74) is 1.59. The zero-order chi connectivity index (χ0) is 27.1. The molecule has 0 aliphatic carbocycles. The van der Waals surface area contributed by atoms with Crippen LogP contribution in [0.1, 0.15) is 43.2 Å². The normalized spacial score (nSPS) is 17.1. The summed E-state index contributed by atoms with van der Waals surface area (Å²) in [5, 5.41) is 0.665. The van der Waals surface area contributed by atoms with Gasteiger partial charge < -0.3 is 9.64 Å². The van der Waals surface area contributed by atoms with E-state index in [1.54, 1.807) is 36.5 Å². The second kappa shape index (κ2) is 9.79. The van der Waals surface area contributed by atoms with E-state index in [2.05, 4.69) is 40.6 Å². The molecule has 1 unspecified atom stereocenters. The van der Waals surface area contributed by atoms with Gasteiger partial charge in [0.2, 0.25) is 15.7 Å². The number of sulfone groups is 1. The molecule has 1 aliphatic rings. The lowest BCUT2D eigenvalue weighted by Crippen LogP contribution is -2.39. The van der Waals surface area contributed by atoms with Crippen molar-refractivity contribution >= 4 is 32.3 Å². The van der Waals surface area contributed by atoms with Crippen molar-refractivity contribution in [3.63, 3.8) is 0 Å². The van der Waals surface area contributed by atoms with Crippen LogP contribution in [0.15, 0.2) is 71.9 Å². The molecule has 5 rings (SSSR count). The number of nitrogens with zero attached hydrogens (tertiary/aromatic N) is 4. The van der Waals surface area contributed by atoms with E-state index in [0.29, 0.717) is 28.6 Å². The Morgan fingerprint density at radius 3 is 2.61 bits per heavy atom. The monoisotopic (exact) mass is 530 g/mol. The highest BCUT2D eigenvalue weighted by atomic mass is 32.2. The van der Waals surface area contributed by atoms with Crippen LogP contribution in [-0.2, 0) is 9.84 Å². The molecule has 4 heterocycles. The number of ether oxygens (including phenoxy) is 1. The van der Waals surface area contributed by atoms with Crippen molar-refractivity contribution in [1.29, 1.82) is 0 Å². The molecule has 0 N–H and O–H groups in total. The van der Waals surface area contributed by atoms with Crippen molar-refractivity contribution in [3.8, 4) is 11.6 Å². The van der Waals surface area contributed by atoms with Crippen LogP contribution in [0.3, 0.4) is 0 Å². The number of rotatable bonds is 7. The highest BCUT2D eigenvalue weighted by Gasteiger charge is 2.39. The van der Waals surface area contributed by atoms with Gasteiger partial charge in [-0.2, -0.15) is 0 Å². The molecule has 0 radical (unpaired) electrons. The van der Waals surface area contributed by atoms with E-state index >= 15 is 0 Å². The Bertz CT molecular complexity index is 1630. The maximum atomic E-state index is 13.3. The average Bonchev–Trinajstić information content (AvgIpc) is 3.15. The molecule has 8 nitrogen and oxygen atoms in total. The number of aromatic nitrogens is 3. The van der Waals surface area contributed by atoms with Crippen LogP contribution in [0, 0.1) is 12.8 Å². The van der Waals surface area contributed by atoms with Gasteiger partial charge in [-0.15, -0.1) is 0 Å². The Labute approximate surface area is 222 Å². The van der Waals surface area contributed by atoms with Crippen LogP contribution < -0.4 is 9.64 Å². The maximum absolute atomic E-state index is 13.3. The molecule has 1 saturated heterocycles. The van der Waals surface area contributed by atoms with Gasteiger partial charge in [0.15, 0.2) is 16.6 Å². The van der Waals surface area contributed by atoms with Gasteiger partial charge in [-0.3, -0.25) is 4.79 Å². The summed E-state index contributed by atoms with van der Waals surface area (Å²) in [6, 6.07) is 17.2. The zero-order valence-electron chi connectivity index (χ0n) is 21.9. The molecule has 1 aromatic carbocycles. The quantitative estimate of drug-likeness (QED) is 0.292. The molecule has 1 aliphatic heterocycles. The molecular formula is C29H30N4O4S. The number of ketones is 1. The van der Waals surface area contributed by atoms with Crippen LogP contribution in [0.4, 0.5) is 5.82 Å². The summed E-state index contributed by atoms with van der Waals surface area (Å²) in [4.78, 5) is 28.7. The smallest absolute Gasteiger partial charge is 0.220 e. The fourth-order valence-corrected chi connectivity index (χ4v) is 6.32. The average molecular weight is 531 g/mol. The first-order chi connectivity index (χ1) is 18.0. The van der Waals surface area contributed by atoms with Gasteiger partial charge in [0.1, 0.15) is 17.1 Å². The molecule has 1 atom stereocenters. The minimum atomic E-state index is -4.05. The molecular weight excluding hydrogens is 500 g/mol. The van der Waals surface area contributed by atoms with Crippen molar-refractivity contribution in [2.45, 2.75) is 44.7 Å². The van der Waals surface area contributed by atoms with Crippen LogP contribution in [-0.4, -0.2) is 47.0 Å². The fourth-order valence-electron chi connectivity index (χ4n) is 5.15. The predicted octanol–water partition coefficient (Wildman–Crippen LogP) is 5.41. The number of hydrogen-bond acceptors (Lipinski definition) is 8. The fraction of sp³-hybridized carbons (Fsp3) is 0.310. The van der Waals surface area contributed by atoms with E-state index in [9.17, 15) is 13.2 Å². The van der Waals surface area contributed by atoms with E-state index < -0.39 is 21.4 Å². The summed E-state index contributed by atoms with van der Waals surface area (Å²) >= 11 is 0. The van der Waals surface area contributed by atoms with Crippen molar-refractivity contribution < 1.29 is 17.9 Å². The largest absolute Gasteiger partial charge is 0.437 e. The van der Waals surface area contributed by atoms with Crippen LogP contribution in [0.5, 0.6) is 11.6 Å². The summed E-state index contributed by atoms with van der Waals surface area (Å²) in [6.07, 6.45) is 2.59. The molecule has 196 valence electrons. The molecule has 3 aromatic heterocycles. The number of hydrogen-bond donors (Lipinski definition) is 0. The topological polar surface area (TPSA) is 102 Å². The zero-order valence-corrected chi connectivity index (χ0v) is 22.7. The number of anilines is 1. The molecule has 38 heavy (non-hydrogen) atoms. The van der Waals surface area contributed by atoms with Gasteiger partial charge in [0.25, 0.3) is 0 Å². The number of carbonyl (C=O) groups excluding carboxylic acids is 1. The third-order valence-electron chi connectivity index (χ3n) is 6.79. The van der Waals surface area contributed by atoms with E-state index in [-0.39, 0.29) is 16.4 Å². The molecule has 9 heteroatoms. The Hall–Kier alpha value is -3.85. The van der Waals surface area contributed by atoms with Crippen LogP contribution >= 0.6 is 0 Å². The first-order valence-corrected chi connectivity index (χ1v) is 14.2. The molecule has 1 fully saturated rings. The third-order valence-corrected chi connectivity index (χ3v) is 8.30. The lowest BCUT2D eigenvalue weighted by atomic mass is 9.97. The lowest BCUT2D eigenvalue weighted by molar-refractivity contribution is 0.102. The number of para-hydroxylation sites is 1. The number of pyridine rings is 3. The predicted molar refractivity (Wildman–Crippen MR) is 147 cm³/mol. The molecule has 0 saturated carbocycles. The first-order valence-electron chi connectivity index (χ1n) is 12.5. The van der Waals surface area contributed by atoms with E-state index in [4.69, 9.17) is 4.74 Å². The molecule has 4 aromatic rings. The Morgan fingerprint density at radius 2 is 1.84 bits per heavy atom. The van der Waals surface area contributed by atoms with E-state index in [1.807, 2.05) is 31.2 Å². The summed E-state index contributed by atoms with van der Waals surface area (Å²) in [5.74, 6) is 0.277. The van der Waals surface area contributed by atoms with Crippen molar-refractivity contribution in [3.05, 3.63) is 78.1 Å². The van der Waals surface area contributed by atoms with Crippen molar-refractivity contribution in [1.82, 2.24) is 15.0 Å². The van der Waals surface area contributed by atoms with Gasteiger partial charge in [0, 0.05) is 35.4 Å². The second-order valence-corrected chi connectivity index (χ2v) is 12.4. The Morgan fingerprint density at radius 1 is 1.05 bits per heavy atom. The van der Waals surface area contributed by atoms with Gasteiger partial charge >= 0.3 is 0 Å². The summed E-state index contributed by atoms with van der Waals surface area (Å²) in [7, 11) is -4.05.